The summed E-state index contributed by atoms with van der Waals surface area (Å²) in [5, 5.41) is 10.7. The van der Waals surface area contributed by atoms with Crippen LogP contribution in [0.5, 0.6) is 0 Å². The summed E-state index contributed by atoms with van der Waals surface area (Å²) in [6.07, 6.45) is 2.46. The molecule has 0 radical (unpaired) electrons. The average molecular weight is 393 g/mol. The van der Waals surface area contributed by atoms with E-state index in [1.807, 2.05) is 13.0 Å². The zero-order chi connectivity index (χ0) is 18.6. The molecule has 2 aromatic rings. The van der Waals surface area contributed by atoms with Gasteiger partial charge in [0, 0.05) is 10.4 Å². The smallest absolute Gasteiger partial charge is 0.211 e. The van der Waals surface area contributed by atoms with Gasteiger partial charge in [-0.2, -0.15) is 5.26 Å². The minimum Gasteiger partial charge on any atom is -0.383 e. The Kier molecular flexibility index (Phi) is 6.60. The van der Waals surface area contributed by atoms with Crippen LogP contribution < -0.4 is 5.73 Å². The van der Waals surface area contributed by atoms with Crippen LogP contribution in [0.3, 0.4) is 0 Å². The zero-order valence-electron chi connectivity index (χ0n) is 14.2. The molecule has 4 nitrogen and oxygen atoms in total. The largest absolute Gasteiger partial charge is 0.383 e. The molecular formula is C18H18Cl2N4S. The number of amidine groups is 1. The van der Waals surface area contributed by atoms with E-state index in [2.05, 4.69) is 29.9 Å². The number of aromatic nitrogens is 1. The summed E-state index contributed by atoms with van der Waals surface area (Å²) in [5.74, 6) is 0.433. The van der Waals surface area contributed by atoms with Gasteiger partial charge in [-0.15, -0.1) is 0 Å². The molecular weight excluding hydrogens is 375 g/mol. The molecule has 0 aliphatic heterocycles. The summed E-state index contributed by atoms with van der Waals surface area (Å²) in [7, 11) is 0. The summed E-state index contributed by atoms with van der Waals surface area (Å²) in [4.78, 5) is 10.0. The van der Waals surface area contributed by atoms with E-state index in [0.717, 1.165) is 16.1 Å². The Bertz CT molecular complexity index is 876. The fraction of sp³-hybridized carbons (Fsp3) is 0.278. The Hall–Kier alpha value is -1.87. The van der Waals surface area contributed by atoms with Gasteiger partial charge in [-0.3, -0.25) is 0 Å². The first-order chi connectivity index (χ1) is 11.9. The molecule has 7 heteroatoms. The molecule has 1 aromatic heterocycles. The van der Waals surface area contributed by atoms with Gasteiger partial charge in [0.2, 0.25) is 5.13 Å². The molecule has 1 aromatic carbocycles. The standard InChI is InChI=1S/C18H18Cl2N4S/c1-4-5-12(9-21)17(22)24-18-23-15(16(25-18)10(2)3)11-6-7-13(19)14(20)8-11/h5-8,10H,4H2,1-3H3,(H2,22,23,24)/b12-5-. The number of allylic oxidation sites excluding steroid dienone is 1. The first-order valence-electron chi connectivity index (χ1n) is 7.78. The number of benzene rings is 1. The van der Waals surface area contributed by atoms with E-state index in [4.69, 9.17) is 34.2 Å². The molecule has 0 fully saturated rings. The second-order valence-electron chi connectivity index (χ2n) is 5.63. The van der Waals surface area contributed by atoms with Crippen molar-refractivity contribution in [3.05, 3.63) is 44.8 Å². The maximum atomic E-state index is 9.16. The highest BCUT2D eigenvalue weighted by molar-refractivity contribution is 7.15. The van der Waals surface area contributed by atoms with Crippen molar-refractivity contribution in [2.75, 3.05) is 0 Å². The lowest BCUT2D eigenvalue weighted by Gasteiger charge is -2.06. The number of hydrogen-bond donors (Lipinski definition) is 1. The third-order valence-electron chi connectivity index (χ3n) is 3.38. The van der Waals surface area contributed by atoms with Gasteiger partial charge >= 0.3 is 0 Å². The molecule has 130 valence electrons. The SMILES string of the molecule is CC/C=C(/C#N)C(N)=Nc1nc(-c2ccc(Cl)c(Cl)c2)c(C(C)C)s1. The van der Waals surface area contributed by atoms with Gasteiger partial charge in [0.05, 0.1) is 21.3 Å². The molecule has 1 heterocycles. The van der Waals surface area contributed by atoms with E-state index in [1.165, 1.54) is 11.3 Å². The Morgan fingerprint density at radius 1 is 1.40 bits per heavy atom. The van der Waals surface area contributed by atoms with Gasteiger partial charge < -0.3 is 5.73 Å². The van der Waals surface area contributed by atoms with Crippen LogP contribution in [-0.2, 0) is 0 Å². The predicted molar refractivity (Wildman–Crippen MR) is 107 cm³/mol. The Morgan fingerprint density at radius 2 is 2.12 bits per heavy atom. The number of aliphatic imine (C=N–C) groups is 1. The van der Waals surface area contributed by atoms with E-state index in [9.17, 15) is 0 Å². The minimum atomic E-state index is 0.175. The van der Waals surface area contributed by atoms with Crippen molar-refractivity contribution in [2.24, 2.45) is 10.7 Å². The number of nitrogens with two attached hydrogens (primary N) is 1. The molecule has 25 heavy (non-hydrogen) atoms. The lowest BCUT2D eigenvalue weighted by molar-refractivity contribution is 0.888. The van der Waals surface area contributed by atoms with E-state index in [-0.39, 0.29) is 11.8 Å². The van der Waals surface area contributed by atoms with Crippen molar-refractivity contribution < 1.29 is 0 Å². The van der Waals surface area contributed by atoms with Gasteiger partial charge in [-0.05, 0) is 24.5 Å². The Balaban J connectivity index is 2.52. The molecule has 0 amide bonds. The highest BCUT2D eigenvalue weighted by atomic mass is 35.5. The quantitative estimate of drug-likeness (QED) is 0.379. The molecule has 0 atom stereocenters. The van der Waals surface area contributed by atoms with Crippen LogP contribution in [0.2, 0.25) is 10.0 Å². The Labute approximate surface area is 161 Å². The molecule has 0 aliphatic rings. The first-order valence-corrected chi connectivity index (χ1v) is 9.35. The maximum absolute atomic E-state index is 9.16. The highest BCUT2D eigenvalue weighted by Gasteiger charge is 2.17. The number of hydrogen-bond acceptors (Lipinski definition) is 4. The van der Waals surface area contributed by atoms with Crippen molar-refractivity contribution >= 4 is 45.5 Å². The molecule has 0 spiro atoms. The van der Waals surface area contributed by atoms with Crippen LogP contribution in [0.1, 0.15) is 38.0 Å². The number of thiazole rings is 1. The fourth-order valence-corrected chi connectivity index (χ4v) is 3.46. The summed E-state index contributed by atoms with van der Waals surface area (Å²) in [6.45, 7) is 6.11. The topological polar surface area (TPSA) is 75.1 Å². The van der Waals surface area contributed by atoms with Crippen LogP contribution in [-0.4, -0.2) is 10.8 Å². The van der Waals surface area contributed by atoms with Crippen molar-refractivity contribution in [3.63, 3.8) is 0 Å². The van der Waals surface area contributed by atoms with Crippen LogP contribution >= 0.6 is 34.5 Å². The van der Waals surface area contributed by atoms with Gasteiger partial charge in [0.1, 0.15) is 11.9 Å². The number of nitrogens with zero attached hydrogens (tertiary/aromatic N) is 3. The van der Waals surface area contributed by atoms with Crippen LogP contribution in [0.4, 0.5) is 5.13 Å². The summed E-state index contributed by atoms with van der Waals surface area (Å²) in [6, 6.07) is 7.48. The van der Waals surface area contributed by atoms with Gasteiger partial charge in [-0.1, -0.05) is 67.5 Å². The maximum Gasteiger partial charge on any atom is 0.211 e. The lowest BCUT2D eigenvalue weighted by atomic mass is 10.1. The summed E-state index contributed by atoms with van der Waals surface area (Å²) < 4.78 is 0. The predicted octanol–water partition coefficient (Wildman–Crippen LogP) is 6.09. The van der Waals surface area contributed by atoms with Crippen LogP contribution in [0.25, 0.3) is 11.3 Å². The van der Waals surface area contributed by atoms with Gasteiger partial charge in [0.25, 0.3) is 0 Å². The van der Waals surface area contributed by atoms with Crippen molar-refractivity contribution in [1.29, 1.82) is 5.26 Å². The second kappa shape index (κ2) is 8.48. The third-order valence-corrected chi connectivity index (χ3v) is 5.37. The van der Waals surface area contributed by atoms with E-state index < -0.39 is 0 Å². The Morgan fingerprint density at radius 3 is 2.68 bits per heavy atom. The lowest BCUT2D eigenvalue weighted by Crippen LogP contribution is -2.13. The number of rotatable bonds is 5. The highest BCUT2D eigenvalue weighted by Crippen LogP contribution is 2.39. The van der Waals surface area contributed by atoms with Crippen molar-refractivity contribution in [2.45, 2.75) is 33.1 Å². The average Bonchev–Trinajstić information content (AvgIpc) is 2.99. The molecule has 0 aliphatic carbocycles. The first kappa shape index (κ1) is 19.5. The third kappa shape index (κ3) is 4.60. The molecule has 0 bridgehead atoms. The molecule has 2 N–H and O–H groups in total. The second-order valence-corrected chi connectivity index (χ2v) is 7.45. The minimum absolute atomic E-state index is 0.175. The van der Waals surface area contributed by atoms with E-state index in [1.54, 1.807) is 18.2 Å². The number of halogens is 2. The monoisotopic (exact) mass is 392 g/mol. The van der Waals surface area contributed by atoms with Gasteiger partial charge in [0.15, 0.2) is 0 Å². The summed E-state index contributed by atoms with van der Waals surface area (Å²) >= 11 is 13.6. The van der Waals surface area contributed by atoms with Crippen LogP contribution in [0, 0.1) is 11.3 Å². The molecule has 0 unspecified atom stereocenters. The van der Waals surface area contributed by atoms with E-state index in [0.29, 0.717) is 27.2 Å². The number of nitriles is 1. The molecule has 2 rings (SSSR count). The molecule has 0 saturated carbocycles. The van der Waals surface area contributed by atoms with Crippen LogP contribution in [0.15, 0.2) is 34.8 Å². The van der Waals surface area contributed by atoms with E-state index >= 15 is 0 Å². The normalized spacial score (nSPS) is 12.5. The fourth-order valence-electron chi connectivity index (χ4n) is 2.18. The van der Waals surface area contributed by atoms with Crippen molar-refractivity contribution in [3.8, 4) is 17.3 Å². The summed E-state index contributed by atoms with van der Waals surface area (Å²) in [5.41, 5.74) is 8.00. The van der Waals surface area contributed by atoms with Gasteiger partial charge in [-0.25, -0.2) is 9.98 Å². The zero-order valence-corrected chi connectivity index (χ0v) is 16.5. The van der Waals surface area contributed by atoms with Crippen molar-refractivity contribution in [1.82, 2.24) is 4.98 Å². The molecule has 0 saturated heterocycles.